The van der Waals surface area contributed by atoms with Crippen molar-refractivity contribution in [3.05, 3.63) is 65.5 Å². The number of aromatic nitrogens is 2. The Labute approximate surface area is 189 Å². The lowest BCUT2D eigenvalue weighted by molar-refractivity contribution is -0.212. The van der Waals surface area contributed by atoms with Gasteiger partial charge >= 0.3 is 0 Å². The Balaban J connectivity index is 1.77. The van der Waals surface area contributed by atoms with Crippen LogP contribution < -0.4 is 10.0 Å². The highest BCUT2D eigenvalue weighted by atomic mass is 32.2. The summed E-state index contributed by atoms with van der Waals surface area (Å²) in [7, 11) is -4.08. The van der Waals surface area contributed by atoms with Crippen LogP contribution in [0.2, 0.25) is 0 Å². The quantitative estimate of drug-likeness (QED) is 0.424. The topological polar surface area (TPSA) is 90.1 Å². The van der Waals surface area contributed by atoms with Gasteiger partial charge in [-0.25, -0.2) is 26.1 Å². The number of fused-ring (bicyclic) bond motifs is 1. The van der Waals surface area contributed by atoms with Crippen molar-refractivity contribution in [3.8, 4) is 0 Å². The zero-order valence-corrected chi connectivity index (χ0v) is 19.0. The van der Waals surface area contributed by atoms with Crippen molar-refractivity contribution >= 4 is 27.1 Å². The predicted molar refractivity (Wildman–Crippen MR) is 116 cm³/mol. The van der Waals surface area contributed by atoms with E-state index in [1.54, 1.807) is 11.0 Å². The van der Waals surface area contributed by atoms with Gasteiger partial charge in [0, 0.05) is 41.9 Å². The molecule has 7 nitrogen and oxygen atoms in total. The van der Waals surface area contributed by atoms with Gasteiger partial charge in [0.05, 0.1) is 22.5 Å². The molecular formula is C22H22F3N4O3S-. The molecule has 2 aromatic heterocycles. The lowest BCUT2D eigenvalue weighted by Crippen LogP contribution is -2.30. The molecule has 0 aliphatic carbocycles. The number of hydrogen-bond acceptors (Lipinski definition) is 5. The molecule has 0 spiro atoms. The van der Waals surface area contributed by atoms with E-state index in [1.807, 2.05) is 0 Å². The van der Waals surface area contributed by atoms with Crippen molar-refractivity contribution in [2.75, 3.05) is 11.4 Å². The molecular weight excluding hydrogens is 457 g/mol. The third-order valence-electron chi connectivity index (χ3n) is 5.61. The minimum Gasteiger partial charge on any atom is -0.858 e. The van der Waals surface area contributed by atoms with E-state index < -0.39 is 44.5 Å². The van der Waals surface area contributed by atoms with Crippen LogP contribution in [0.1, 0.15) is 44.4 Å². The molecule has 176 valence electrons. The Morgan fingerprint density at radius 2 is 1.94 bits per heavy atom. The monoisotopic (exact) mass is 479 g/mol. The Hall–Kier alpha value is -3.08. The molecule has 33 heavy (non-hydrogen) atoms. The van der Waals surface area contributed by atoms with E-state index in [4.69, 9.17) is 0 Å². The van der Waals surface area contributed by atoms with Crippen LogP contribution in [0, 0.1) is 11.6 Å². The van der Waals surface area contributed by atoms with Crippen molar-refractivity contribution in [1.82, 2.24) is 9.61 Å². The van der Waals surface area contributed by atoms with Gasteiger partial charge in [0.2, 0.25) is 0 Å². The summed E-state index contributed by atoms with van der Waals surface area (Å²) in [5.74, 6) is -2.25. The van der Waals surface area contributed by atoms with Crippen LogP contribution in [0.5, 0.6) is 0 Å². The van der Waals surface area contributed by atoms with Gasteiger partial charge in [-0.15, -0.1) is 0 Å². The minimum atomic E-state index is -4.08. The van der Waals surface area contributed by atoms with Crippen molar-refractivity contribution in [3.63, 3.8) is 0 Å². The summed E-state index contributed by atoms with van der Waals surface area (Å²) in [6, 6.07) is 5.43. The fraction of sp³-hybridized carbons (Fsp3) is 0.364. The average molecular weight is 480 g/mol. The molecule has 1 aromatic carbocycles. The summed E-state index contributed by atoms with van der Waals surface area (Å²) >= 11 is 0. The molecule has 1 fully saturated rings. The molecule has 1 aliphatic heterocycles. The van der Waals surface area contributed by atoms with Crippen LogP contribution in [0.3, 0.4) is 0 Å². The molecule has 0 N–H and O–H groups in total. The summed E-state index contributed by atoms with van der Waals surface area (Å²) in [4.78, 5) is 1.59. The number of halogens is 3. The molecule has 2 atom stereocenters. The Kier molecular flexibility index (Phi) is 5.63. The first-order valence-electron chi connectivity index (χ1n) is 10.2. The van der Waals surface area contributed by atoms with Gasteiger partial charge in [-0.1, -0.05) is 0 Å². The Bertz CT molecular complexity index is 1350. The first kappa shape index (κ1) is 23.1. The van der Waals surface area contributed by atoms with Gasteiger partial charge in [-0.3, -0.25) is 0 Å². The lowest BCUT2D eigenvalue weighted by Gasteiger charge is -2.27. The highest BCUT2D eigenvalue weighted by Crippen LogP contribution is 2.39. The predicted octanol–water partition coefficient (Wildman–Crippen LogP) is 3.14. The number of sulfonamides is 1. The molecule has 1 saturated heterocycles. The molecule has 1 unspecified atom stereocenters. The van der Waals surface area contributed by atoms with Crippen LogP contribution in [-0.4, -0.2) is 41.4 Å². The molecule has 0 bridgehead atoms. The van der Waals surface area contributed by atoms with Crippen molar-refractivity contribution in [1.29, 1.82) is 0 Å². The molecule has 3 aromatic rings. The molecule has 11 heteroatoms. The number of alkyl halides is 1. The van der Waals surface area contributed by atoms with E-state index in [0.717, 1.165) is 18.2 Å². The summed E-state index contributed by atoms with van der Waals surface area (Å²) in [6.45, 7) is 4.23. The van der Waals surface area contributed by atoms with Crippen LogP contribution >= 0.6 is 0 Å². The van der Waals surface area contributed by atoms with Gasteiger partial charge in [0.25, 0.3) is 10.0 Å². The van der Waals surface area contributed by atoms with Crippen LogP contribution in [0.4, 0.5) is 18.9 Å². The highest BCUT2D eigenvalue weighted by Gasteiger charge is 2.35. The fourth-order valence-electron chi connectivity index (χ4n) is 3.74. The lowest BCUT2D eigenvalue weighted by atomic mass is 10.0. The maximum atomic E-state index is 14.4. The number of benzene rings is 1. The van der Waals surface area contributed by atoms with Crippen molar-refractivity contribution in [2.45, 2.75) is 44.2 Å². The van der Waals surface area contributed by atoms with Gasteiger partial charge in [-0.2, -0.15) is 9.50 Å². The largest absolute Gasteiger partial charge is 0.858 e. The van der Waals surface area contributed by atoms with Crippen LogP contribution in [-0.2, 0) is 10.0 Å². The molecule has 4 rings (SSSR count). The van der Waals surface area contributed by atoms with Gasteiger partial charge < -0.3 is 10.0 Å². The second kappa shape index (κ2) is 8.05. The van der Waals surface area contributed by atoms with E-state index in [0.29, 0.717) is 5.69 Å². The first-order chi connectivity index (χ1) is 15.4. The fourth-order valence-corrected chi connectivity index (χ4v) is 4.33. The van der Waals surface area contributed by atoms with E-state index >= 15 is 0 Å². The van der Waals surface area contributed by atoms with Crippen molar-refractivity contribution in [2.24, 2.45) is 4.40 Å². The standard InChI is InChI=1S/C22H23F3N4O3S/c1-22(2,3)33(31,32)27-21(30)17-11-26-29-7-6-15(10-20(17)29)28-12-14(24)9-19(28)16-8-13(23)4-5-18(16)25/h4-8,10-11,14,19H,9,12H2,1-3H3,(H,27,30)/p-1/t14?,19-/m1/s1. The third-order valence-corrected chi connectivity index (χ3v) is 7.57. The molecule has 3 heterocycles. The van der Waals surface area contributed by atoms with Crippen LogP contribution in [0.25, 0.3) is 5.52 Å². The smallest absolute Gasteiger partial charge is 0.257 e. The second-order valence-electron chi connectivity index (χ2n) is 8.92. The van der Waals surface area contributed by atoms with E-state index in [-0.39, 0.29) is 29.6 Å². The van der Waals surface area contributed by atoms with E-state index in [1.165, 1.54) is 43.7 Å². The van der Waals surface area contributed by atoms with E-state index in [2.05, 4.69) is 9.50 Å². The third kappa shape index (κ3) is 4.29. The summed E-state index contributed by atoms with van der Waals surface area (Å²) in [5.41, 5.74) is 0.691. The Morgan fingerprint density at radius 3 is 2.64 bits per heavy atom. The first-order valence-corrected chi connectivity index (χ1v) is 11.7. The Morgan fingerprint density at radius 1 is 1.21 bits per heavy atom. The normalized spacial score (nSPS) is 20.1. The molecule has 0 amide bonds. The molecule has 1 aliphatic rings. The molecule has 0 saturated carbocycles. The maximum Gasteiger partial charge on any atom is 0.257 e. The van der Waals surface area contributed by atoms with Gasteiger partial charge in [-0.05, 0) is 51.1 Å². The number of rotatable bonds is 4. The SMILES string of the molecule is CC(C)(C)S(=O)(=O)/N=C(\[O-])c1cnn2ccc(N3CC(F)C[C@@H]3c3cc(F)ccc3F)cc12. The number of nitrogens with zero attached hydrogens (tertiary/aromatic N) is 4. The number of anilines is 1. The summed E-state index contributed by atoms with van der Waals surface area (Å²) in [6.07, 6.45) is 1.42. The van der Waals surface area contributed by atoms with Gasteiger partial charge in [0.15, 0.2) is 0 Å². The summed E-state index contributed by atoms with van der Waals surface area (Å²) in [5, 5.41) is 16.7. The number of pyridine rings is 1. The minimum absolute atomic E-state index is 0.0320. The second-order valence-corrected chi connectivity index (χ2v) is 11.3. The summed E-state index contributed by atoms with van der Waals surface area (Å²) < 4.78 is 70.7. The molecule has 0 radical (unpaired) electrons. The average Bonchev–Trinajstić information content (AvgIpc) is 3.31. The highest BCUT2D eigenvalue weighted by molar-refractivity contribution is 7.91. The van der Waals surface area contributed by atoms with Gasteiger partial charge in [0.1, 0.15) is 17.8 Å². The maximum absolute atomic E-state index is 14.4. The number of hydrogen-bond donors (Lipinski definition) is 0. The zero-order valence-electron chi connectivity index (χ0n) is 18.2. The van der Waals surface area contributed by atoms with E-state index in [9.17, 15) is 26.7 Å². The van der Waals surface area contributed by atoms with Crippen LogP contribution in [0.15, 0.2) is 47.1 Å². The van der Waals surface area contributed by atoms with Crippen molar-refractivity contribution < 1.29 is 26.7 Å². The zero-order chi connectivity index (χ0) is 24.1.